The lowest BCUT2D eigenvalue weighted by Gasteiger charge is -2.00. The van der Waals surface area contributed by atoms with Crippen LogP contribution in [0.5, 0.6) is 0 Å². The van der Waals surface area contributed by atoms with E-state index in [4.69, 9.17) is 10.7 Å². The molecule has 0 amide bonds. The minimum absolute atomic E-state index is 0.00944. The van der Waals surface area contributed by atoms with Gasteiger partial charge in [0.25, 0.3) is 0 Å². The third-order valence-corrected chi connectivity index (χ3v) is 1.20. The van der Waals surface area contributed by atoms with E-state index in [1.54, 1.807) is 6.92 Å². The summed E-state index contributed by atoms with van der Waals surface area (Å²) in [5, 5.41) is 15.4. The Morgan fingerprint density at radius 3 is 2.83 bits per heavy atom. The first-order chi connectivity index (χ1) is 5.70. The molecule has 0 bridgehead atoms. The number of nitrogens with zero attached hydrogens (tertiary/aromatic N) is 1. The minimum atomic E-state index is -0.388. The second kappa shape index (κ2) is 6.35. The number of carbonyl (C=O) groups is 1. The second-order valence-corrected chi connectivity index (χ2v) is 2.24. The lowest BCUT2D eigenvalue weighted by Crippen LogP contribution is -2.10. The number of rotatable bonds is 5. The highest BCUT2D eigenvalue weighted by molar-refractivity contribution is 5.97. The van der Waals surface area contributed by atoms with Gasteiger partial charge in [0.15, 0.2) is 0 Å². The lowest BCUT2D eigenvalue weighted by atomic mass is 10.2. The third-order valence-electron chi connectivity index (χ3n) is 1.20. The van der Waals surface area contributed by atoms with E-state index >= 15 is 0 Å². The highest BCUT2D eigenvalue weighted by Crippen LogP contribution is 1.96. The van der Waals surface area contributed by atoms with Gasteiger partial charge in [-0.1, -0.05) is 0 Å². The van der Waals surface area contributed by atoms with Crippen molar-refractivity contribution in [2.45, 2.75) is 26.2 Å². The fourth-order valence-electron chi connectivity index (χ4n) is 0.681. The van der Waals surface area contributed by atoms with Crippen molar-refractivity contribution in [3.05, 3.63) is 0 Å². The molecular formula is C8H12N2O2. The lowest BCUT2D eigenvalue weighted by molar-refractivity contribution is -0.141. The smallest absolute Gasteiger partial charge is 0.311 e. The zero-order valence-electron chi connectivity index (χ0n) is 7.09. The molecule has 0 fully saturated rings. The van der Waals surface area contributed by atoms with Crippen LogP contribution in [0, 0.1) is 16.7 Å². The molecule has 0 saturated heterocycles. The van der Waals surface area contributed by atoms with Gasteiger partial charge in [0.05, 0.1) is 19.1 Å². The van der Waals surface area contributed by atoms with Crippen molar-refractivity contribution in [3.8, 4) is 6.07 Å². The van der Waals surface area contributed by atoms with E-state index in [1.165, 1.54) is 0 Å². The predicted octanol–water partition coefficient (Wildman–Crippen LogP) is 1.26. The van der Waals surface area contributed by atoms with Crippen LogP contribution in [0.2, 0.25) is 0 Å². The van der Waals surface area contributed by atoms with Gasteiger partial charge in [-0.15, -0.1) is 0 Å². The fourth-order valence-corrected chi connectivity index (χ4v) is 0.681. The van der Waals surface area contributed by atoms with Crippen molar-refractivity contribution >= 4 is 11.7 Å². The van der Waals surface area contributed by atoms with Crippen LogP contribution in [0.25, 0.3) is 0 Å². The van der Waals surface area contributed by atoms with Crippen LogP contribution < -0.4 is 0 Å². The van der Waals surface area contributed by atoms with Crippen LogP contribution in [0.4, 0.5) is 0 Å². The molecule has 1 N–H and O–H groups in total. The zero-order chi connectivity index (χ0) is 9.40. The summed E-state index contributed by atoms with van der Waals surface area (Å²) in [6.45, 7) is 2.06. The first kappa shape index (κ1) is 10.6. The Bertz CT molecular complexity index is 206. The summed E-state index contributed by atoms with van der Waals surface area (Å²) in [4.78, 5) is 10.8. The molecule has 0 atom stereocenters. The molecule has 66 valence electrons. The molecule has 12 heavy (non-hydrogen) atoms. The van der Waals surface area contributed by atoms with Crippen molar-refractivity contribution in [2.75, 3.05) is 6.61 Å². The van der Waals surface area contributed by atoms with E-state index in [1.807, 2.05) is 6.07 Å². The van der Waals surface area contributed by atoms with Crippen molar-refractivity contribution in [3.63, 3.8) is 0 Å². The average molecular weight is 168 g/mol. The van der Waals surface area contributed by atoms with E-state index in [0.717, 1.165) is 0 Å². The van der Waals surface area contributed by atoms with Gasteiger partial charge in [-0.2, -0.15) is 5.26 Å². The topological polar surface area (TPSA) is 73.9 Å². The predicted molar refractivity (Wildman–Crippen MR) is 43.8 cm³/mol. The summed E-state index contributed by atoms with van der Waals surface area (Å²) in [5.41, 5.74) is 0.259. The normalized spacial score (nSPS) is 8.67. The van der Waals surface area contributed by atoms with Gasteiger partial charge in [-0.05, 0) is 13.3 Å². The molecule has 0 aliphatic carbocycles. The van der Waals surface area contributed by atoms with Crippen molar-refractivity contribution in [2.24, 2.45) is 0 Å². The molecule has 0 unspecified atom stereocenters. The second-order valence-electron chi connectivity index (χ2n) is 2.24. The van der Waals surface area contributed by atoms with Gasteiger partial charge < -0.3 is 10.1 Å². The number of nitrogens with one attached hydrogen (secondary N) is 1. The molecule has 0 radical (unpaired) electrons. The monoisotopic (exact) mass is 168 g/mol. The van der Waals surface area contributed by atoms with Crippen LogP contribution in [0.15, 0.2) is 0 Å². The zero-order valence-corrected chi connectivity index (χ0v) is 7.09. The van der Waals surface area contributed by atoms with E-state index in [0.29, 0.717) is 13.0 Å². The van der Waals surface area contributed by atoms with E-state index < -0.39 is 0 Å². The summed E-state index contributed by atoms with van der Waals surface area (Å²) in [6, 6.07) is 1.91. The van der Waals surface area contributed by atoms with Gasteiger partial charge in [0.2, 0.25) is 0 Å². The minimum Gasteiger partial charge on any atom is -0.466 e. The quantitative estimate of drug-likeness (QED) is 0.496. The maximum atomic E-state index is 10.8. The number of hydrogen-bond acceptors (Lipinski definition) is 4. The molecule has 0 heterocycles. The number of ether oxygens (including phenoxy) is 1. The Labute approximate surface area is 71.6 Å². The molecule has 0 saturated carbocycles. The maximum Gasteiger partial charge on any atom is 0.311 e. The number of hydrogen-bond donors (Lipinski definition) is 1. The number of carbonyl (C=O) groups excluding carboxylic acids is 1. The molecular weight excluding hydrogens is 156 g/mol. The first-order valence-corrected chi connectivity index (χ1v) is 3.79. The standard InChI is InChI=1S/C8H12N2O2/c1-2-12-8(11)6-7(10)4-3-5-9/h10H,2-4,6H2,1H3. The Morgan fingerprint density at radius 1 is 1.67 bits per heavy atom. The van der Waals surface area contributed by atoms with E-state index in [-0.39, 0.29) is 24.5 Å². The Hall–Kier alpha value is -1.37. The van der Waals surface area contributed by atoms with Gasteiger partial charge in [0.1, 0.15) is 0 Å². The summed E-state index contributed by atoms with van der Waals surface area (Å²) in [7, 11) is 0. The Kier molecular flexibility index (Phi) is 5.62. The number of esters is 1. The van der Waals surface area contributed by atoms with E-state index in [2.05, 4.69) is 4.74 Å². The maximum absolute atomic E-state index is 10.8. The average Bonchev–Trinajstić information content (AvgIpc) is 2.01. The van der Waals surface area contributed by atoms with Crippen LogP contribution in [0.1, 0.15) is 26.2 Å². The molecule has 4 heteroatoms. The van der Waals surface area contributed by atoms with Gasteiger partial charge in [-0.25, -0.2) is 0 Å². The first-order valence-electron chi connectivity index (χ1n) is 3.79. The third kappa shape index (κ3) is 5.42. The van der Waals surface area contributed by atoms with Crippen LogP contribution >= 0.6 is 0 Å². The van der Waals surface area contributed by atoms with Gasteiger partial charge in [-0.3, -0.25) is 4.79 Å². The van der Waals surface area contributed by atoms with Gasteiger partial charge >= 0.3 is 5.97 Å². The molecule has 0 spiro atoms. The summed E-state index contributed by atoms with van der Waals surface area (Å²) < 4.78 is 4.63. The fraction of sp³-hybridized carbons (Fsp3) is 0.625. The van der Waals surface area contributed by atoms with Crippen molar-refractivity contribution < 1.29 is 9.53 Å². The Morgan fingerprint density at radius 2 is 2.33 bits per heavy atom. The molecule has 0 aliphatic heterocycles. The largest absolute Gasteiger partial charge is 0.466 e. The summed E-state index contributed by atoms with van der Waals surface area (Å²) in [6.07, 6.45) is 0.656. The van der Waals surface area contributed by atoms with Crippen LogP contribution in [-0.4, -0.2) is 18.3 Å². The van der Waals surface area contributed by atoms with Crippen LogP contribution in [-0.2, 0) is 9.53 Å². The molecule has 0 rings (SSSR count). The van der Waals surface area contributed by atoms with Crippen molar-refractivity contribution in [1.82, 2.24) is 0 Å². The molecule has 0 aromatic carbocycles. The highest BCUT2D eigenvalue weighted by Gasteiger charge is 2.05. The summed E-state index contributed by atoms with van der Waals surface area (Å²) in [5.74, 6) is -0.388. The molecule has 0 aliphatic rings. The molecule has 4 nitrogen and oxygen atoms in total. The van der Waals surface area contributed by atoms with Crippen molar-refractivity contribution in [1.29, 1.82) is 10.7 Å². The summed E-state index contributed by atoms with van der Waals surface area (Å²) >= 11 is 0. The van der Waals surface area contributed by atoms with E-state index in [9.17, 15) is 4.79 Å². The van der Waals surface area contributed by atoms with Gasteiger partial charge in [0, 0.05) is 12.1 Å². The molecule has 0 aromatic heterocycles. The highest BCUT2D eigenvalue weighted by atomic mass is 16.5. The van der Waals surface area contributed by atoms with Crippen LogP contribution in [0.3, 0.4) is 0 Å². The Balaban J connectivity index is 3.56. The molecule has 0 aromatic rings. The number of nitriles is 1. The SMILES string of the molecule is CCOC(=O)CC(=N)CCC#N.